The highest BCUT2D eigenvalue weighted by Crippen LogP contribution is 2.49. The molecular formula is C13H20F3N3O. The monoisotopic (exact) mass is 291 g/mol. The van der Waals surface area contributed by atoms with Gasteiger partial charge in [0.2, 0.25) is 0 Å². The highest BCUT2D eigenvalue weighted by atomic mass is 19.4. The lowest BCUT2D eigenvalue weighted by molar-refractivity contribution is -0.163. The number of carbonyl (C=O) groups excluding carboxylic acids is 1. The summed E-state index contributed by atoms with van der Waals surface area (Å²) in [6.45, 7) is 2.99. The predicted molar refractivity (Wildman–Crippen MR) is 67.3 cm³/mol. The van der Waals surface area contributed by atoms with Crippen LogP contribution in [0.4, 0.5) is 18.0 Å². The summed E-state index contributed by atoms with van der Waals surface area (Å²) >= 11 is 0. The van der Waals surface area contributed by atoms with Crippen molar-refractivity contribution in [3.63, 3.8) is 0 Å². The first-order valence-corrected chi connectivity index (χ1v) is 7.21. The molecule has 2 heterocycles. The second-order valence-electron chi connectivity index (χ2n) is 6.50. The van der Waals surface area contributed by atoms with Crippen LogP contribution in [-0.4, -0.2) is 48.8 Å². The van der Waals surface area contributed by atoms with Gasteiger partial charge in [-0.25, -0.2) is 4.79 Å². The molecule has 20 heavy (non-hydrogen) atoms. The molecule has 0 unspecified atom stereocenters. The predicted octanol–water partition coefficient (Wildman–Crippen LogP) is 1.87. The van der Waals surface area contributed by atoms with Gasteiger partial charge in [0.05, 0.1) is 0 Å². The summed E-state index contributed by atoms with van der Waals surface area (Å²) < 4.78 is 38.4. The minimum absolute atomic E-state index is 0.00276. The van der Waals surface area contributed by atoms with Crippen LogP contribution in [0.2, 0.25) is 0 Å². The van der Waals surface area contributed by atoms with Gasteiger partial charge in [-0.2, -0.15) is 13.2 Å². The normalized spacial score (nSPS) is 27.6. The maximum Gasteiger partial charge on any atom is 0.411 e. The number of hydrogen-bond acceptors (Lipinski definition) is 2. The zero-order valence-electron chi connectivity index (χ0n) is 11.4. The zero-order valence-corrected chi connectivity index (χ0v) is 11.4. The summed E-state index contributed by atoms with van der Waals surface area (Å²) in [4.78, 5) is 13.4. The first kappa shape index (κ1) is 14.0. The molecule has 1 aliphatic carbocycles. The Morgan fingerprint density at radius 1 is 1.15 bits per heavy atom. The van der Waals surface area contributed by atoms with Crippen LogP contribution >= 0.6 is 0 Å². The average molecular weight is 291 g/mol. The van der Waals surface area contributed by atoms with E-state index in [9.17, 15) is 18.0 Å². The molecule has 3 fully saturated rings. The van der Waals surface area contributed by atoms with Gasteiger partial charge in [-0.15, -0.1) is 0 Å². The van der Waals surface area contributed by atoms with E-state index in [2.05, 4.69) is 10.6 Å². The van der Waals surface area contributed by atoms with Gasteiger partial charge in [-0.1, -0.05) is 6.42 Å². The third-order valence-electron chi connectivity index (χ3n) is 4.79. The van der Waals surface area contributed by atoms with Gasteiger partial charge >= 0.3 is 12.2 Å². The number of halogens is 3. The van der Waals surface area contributed by atoms with Crippen LogP contribution in [0.25, 0.3) is 0 Å². The fraction of sp³-hybridized carbons (Fsp3) is 0.923. The van der Waals surface area contributed by atoms with Crippen LogP contribution in [0.1, 0.15) is 32.1 Å². The maximum atomic E-state index is 12.8. The molecule has 0 radical (unpaired) electrons. The van der Waals surface area contributed by atoms with E-state index >= 15 is 0 Å². The van der Waals surface area contributed by atoms with Crippen molar-refractivity contribution in [2.75, 3.05) is 26.2 Å². The van der Waals surface area contributed by atoms with Gasteiger partial charge in [0.25, 0.3) is 0 Å². The summed E-state index contributed by atoms with van der Waals surface area (Å²) in [6, 6.07) is -0.560. The van der Waals surface area contributed by atoms with Crippen LogP contribution in [-0.2, 0) is 0 Å². The number of urea groups is 1. The van der Waals surface area contributed by atoms with E-state index in [-0.39, 0.29) is 18.3 Å². The molecule has 1 spiro atoms. The van der Waals surface area contributed by atoms with E-state index in [1.54, 1.807) is 0 Å². The molecule has 2 amide bonds. The zero-order chi connectivity index (χ0) is 14.4. The number of nitrogens with zero attached hydrogens (tertiary/aromatic N) is 1. The lowest BCUT2D eigenvalue weighted by Crippen LogP contribution is -2.65. The molecule has 3 rings (SSSR count). The van der Waals surface area contributed by atoms with Crippen molar-refractivity contribution in [1.82, 2.24) is 15.5 Å². The Balaban J connectivity index is 1.53. The van der Waals surface area contributed by atoms with E-state index in [0.717, 1.165) is 32.4 Å². The topological polar surface area (TPSA) is 44.4 Å². The highest BCUT2D eigenvalue weighted by molar-refractivity contribution is 5.77. The fourth-order valence-electron chi connectivity index (χ4n) is 3.26. The van der Waals surface area contributed by atoms with E-state index < -0.39 is 17.7 Å². The molecule has 2 saturated heterocycles. The summed E-state index contributed by atoms with van der Waals surface area (Å²) in [5.41, 5.74) is -1.86. The lowest BCUT2D eigenvalue weighted by atomic mass is 9.76. The van der Waals surface area contributed by atoms with E-state index in [1.807, 2.05) is 0 Å². The van der Waals surface area contributed by atoms with Crippen molar-refractivity contribution in [1.29, 1.82) is 0 Å². The van der Waals surface area contributed by atoms with E-state index in [1.165, 1.54) is 4.90 Å². The average Bonchev–Trinajstić information content (AvgIpc) is 3.08. The second kappa shape index (κ2) is 4.51. The Labute approximate surface area is 116 Å². The van der Waals surface area contributed by atoms with Crippen molar-refractivity contribution < 1.29 is 18.0 Å². The van der Waals surface area contributed by atoms with Gasteiger partial charge in [0, 0.05) is 25.0 Å². The fourth-order valence-corrected chi connectivity index (χ4v) is 3.26. The molecule has 2 aliphatic heterocycles. The molecule has 0 bridgehead atoms. The largest absolute Gasteiger partial charge is 0.411 e. The molecule has 4 nitrogen and oxygen atoms in total. The number of alkyl halides is 3. The molecular weight excluding hydrogens is 271 g/mol. The molecule has 0 atom stereocenters. The molecule has 0 aromatic heterocycles. The SMILES string of the molecule is O=C(NC1(C(F)(F)F)CC1)N1CC2(CCCCNC2)C1. The van der Waals surface area contributed by atoms with Gasteiger partial charge in [0.1, 0.15) is 5.54 Å². The Kier molecular flexibility index (Phi) is 3.15. The Morgan fingerprint density at radius 3 is 2.45 bits per heavy atom. The summed E-state index contributed by atoms with van der Waals surface area (Å²) in [5.74, 6) is 0. The summed E-state index contributed by atoms with van der Waals surface area (Å²) in [7, 11) is 0. The molecule has 3 aliphatic rings. The molecule has 0 aromatic carbocycles. The minimum Gasteiger partial charge on any atom is -0.323 e. The molecule has 114 valence electrons. The molecule has 7 heteroatoms. The Hall–Kier alpha value is -0.980. The van der Waals surface area contributed by atoms with Crippen molar-refractivity contribution in [3.05, 3.63) is 0 Å². The van der Waals surface area contributed by atoms with Crippen LogP contribution < -0.4 is 10.6 Å². The molecule has 1 saturated carbocycles. The summed E-state index contributed by atoms with van der Waals surface area (Å²) in [5, 5.41) is 5.53. The van der Waals surface area contributed by atoms with Gasteiger partial charge in [0.15, 0.2) is 0 Å². The summed E-state index contributed by atoms with van der Waals surface area (Å²) in [6.07, 6.45) is -1.03. The number of nitrogens with one attached hydrogen (secondary N) is 2. The third kappa shape index (κ3) is 2.36. The quantitative estimate of drug-likeness (QED) is 0.774. The van der Waals surface area contributed by atoms with Crippen molar-refractivity contribution in [2.24, 2.45) is 5.41 Å². The van der Waals surface area contributed by atoms with Crippen LogP contribution in [0.5, 0.6) is 0 Å². The molecule has 0 aromatic rings. The van der Waals surface area contributed by atoms with E-state index in [0.29, 0.717) is 13.1 Å². The first-order valence-electron chi connectivity index (χ1n) is 7.21. The van der Waals surface area contributed by atoms with Gasteiger partial charge in [-0.05, 0) is 32.2 Å². The standard InChI is InChI=1S/C13H20F3N3O/c14-13(15,16)12(4-5-12)18-10(20)19-8-11(9-19)3-1-2-6-17-7-11/h17H,1-9H2,(H,18,20). The Bertz CT molecular complexity index is 390. The van der Waals surface area contributed by atoms with Crippen LogP contribution in [0.15, 0.2) is 0 Å². The van der Waals surface area contributed by atoms with Crippen molar-refractivity contribution >= 4 is 6.03 Å². The number of hydrogen-bond donors (Lipinski definition) is 2. The molecule has 2 N–H and O–H groups in total. The number of carbonyl (C=O) groups is 1. The second-order valence-corrected chi connectivity index (χ2v) is 6.50. The van der Waals surface area contributed by atoms with Gasteiger partial charge in [-0.3, -0.25) is 0 Å². The van der Waals surface area contributed by atoms with Crippen LogP contribution in [0, 0.1) is 5.41 Å². The van der Waals surface area contributed by atoms with Crippen molar-refractivity contribution in [3.8, 4) is 0 Å². The van der Waals surface area contributed by atoms with E-state index in [4.69, 9.17) is 0 Å². The number of likely N-dealkylation sites (tertiary alicyclic amines) is 1. The lowest BCUT2D eigenvalue weighted by Gasteiger charge is -2.50. The van der Waals surface area contributed by atoms with Crippen molar-refractivity contribution in [2.45, 2.75) is 43.8 Å². The van der Waals surface area contributed by atoms with Gasteiger partial charge < -0.3 is 15.5 Å². The Morgan fingerprint density at radius 2 is 1.85 bits per heavy atom. The highest BCUT2D eigenvalue weighted by Gasteiger charge is 2.65. The maximum absolute atomic E-state index is 12.8. The third-order valence-corrected chi connectivity index (χ3v) is 4.79. The number of rotatable bonds is 1. The minimum atomic E-state index is -4.34. The first-order chi connectivity index (χ1) is 9.36. The van der Waals surface area contributed by atoms with Crippen LogP contribution in [0.3, 0.4) is 0 Å². The smallest absolute Gasteiger partial charge is 0.323 e. The number of amides is 2.